The second-order valence-electron chi connectivity index (χ2n) is 2.28. The third kappa shape index (κ3) is 1.20. The second-order valence-corrected chi connectivity index (χ2v) is 2.69. The fourth-order valence-electron chi connectivity index (χ4n) is 0.819. The van der Waals surface area contributed by atoms with Crippen molar-refractivity contribution >= 4 is 11.6 Å². The Hall–Kier alpha value is -0.970. The van der Waals surface area contributed by atoms with Gasteiger partial charge in [0.1, 0.15) is 0 Å². The van der Waals surface area contributed by atoms with Crippen molar-refractivity contribution in [3.05, 3.63) is 33.1 Å². The number of halogens is 3. The fourth-order valence-corrected chi connectivity index (χ4v) is 1.05. The van der Waals surface area contributed by atoms with Crippen LogP contribution in [-0.2, 0) is 0 Å². The highest BCUT2D eigenvalue weighted by Crippen LogP contribution is 2.35. The van der Waals surface area contributed by atoms with E-state index in [0.29, 0.717) is 0 Å². The molecule has 3 nitrogen and oxygen atoms in total. The van der Waals surface area contributed by atoms with Crippen molar-refractivity contribution in [2.75, 3.05) is 0 Å². The first-order valence-corrected chi connectivity index (χ1v) is 3.42. The average Bonchev–Trinajstić information content (AvgIpc) is 2.00. The predicted molar refractivity (Wildman–Crippen MR) is 38.6 cm³/mol. The highest BCUT2D eigenvalue weighted by Gasteiger charge is 2.50. The number of nitro groups is 1. The summed E-state index contributed by atoms with van der Waals surface area (Å²) in [5.41, 5.74) is 0. The molecule has 1 unspecified atom stereocenters. The van der Waals surface area contributed by atoms with Gasteiger partial charge in [-0.1, -0.05) is 17.7 Å². The molecule has 0 heterocycles. The number of alkyl halides is 1. The molecule has 0 saturated heterocycles. The molecule has 0 radical (unpaired) electrons. The van der Waals surface area contributed by atoms with Crippen LogP contribution in [0.15, 0.2) is 23.0 Å². The van der Waals surface area contributed by atoms with E-state index in [9.17, 15) is 18.9 Å². The molecule has 66 valence electrons. The molecule has 0 fully saturated rings. The molecule has 1 aliphatic carbocycles. The van der Waals surface area contributed by atoms with Gasteiger partial charge in [0.2, 0.25) is 5.83 Å². The number of allylic oxidation sites excluding steroid dienone is 2. The lowest BCUT2D eigenvalue weighted by Gasteiger charge is -2.16. The summed E-state index contributed by atoms with van der Waals surface area (Å²) in [7, 11) is 0. The van der Waals surface area contributed by atoms with Crippen molar-refractivity contribution in [2.24, 2.45) is 0 Å². The predicted octanol–water partition coefficient (Wildman–Crippen LogP) is 2.31. The van der Waals surface area contributed by atoms with E-state index in [1.54, 1.807) is 0 Å². The first kappa shape index (κ1) is 9.12. The van der Waals surface area contributed by atoms with E-state index < -0.39 is 28.0 Å². The minimum Gasteiger partial charge on any atom is -0.261 e. The summed E-state index contributed by atoms with van der Waals surface area (Å²) in [5, 5.41) is 9.54. The molecule has 0 N–H and O–H groups in total. The van der Waals surface area contributed by atoms with Crippen LogP contribution in [0, 0.1) is 10.1 Å². The molecule has 6 heteroatoms. The summed E-state index contributed by atoms with van der Waals surface area (Å²) in [6.07, 6.45) is 1.59. The van der Waals surface area contributed by atoms with E-state index in [0.717, 1.165) is 12.2 Å². The SMILES string of the molecule is O=[N+]([O-])C1(F)CC=CC(Cl)=C1F. The minimum atomic E-state index is -3.17. The fraction of sp³-hybridized carbons (Fsp3) is 0.333. The van der Waals surface area contributed by atoms with E-state index in [1.807, 2.05) is 0 Å². The Morgan fingerprint density at radius 3 is 2.75 bits per heavy atom. The Labute approximate surface area is 71.5 Å². The van der Waals surface area contributed by atoms with Gasteiger partial charge in [0, 0.05) is 0 Å². The monoisotopic (exact) mass is 195 g/mol. The van der Waals surface area contributed by atoms with Crippen LogP contribution < -0.4 is 0 Å². The quantitative estimate of drug-likeness (QED) is 0.366. The van der Waals surface area contributed by atoms with Gasteiger partial charge in [-0.25, -0.2) is 0 Å². The molecule has 0 spiro atoms. The lowest BCUT2D eigenvalue weighted by molar-refractivity contribution is -0.595. The Balaban J connectivity index is 3.12. The van der Waals surface area contributed by atoms with Gasteiger partial charge in [0.15, 0.2) is 0 Å². The summed E-state index contributed by atoms with van der Waals surface area (Å²) < 4.78 is 25.8. The summed E-state index contributed by atoms with van der Waals surface area (Å²) in [6, 6.07) is 0. The topological polar surface area (TPSA) is 43.1 Å². The second kappa shape index (κ2) is 2.82. The molecular formula is C6H4ClF2NO2. The van der Waals surface area contributed by atoms with Crippen molar-refractivity contribution in [3.63, 3.8) is 0 Å². The summed E-state index contributed by atoms with van der Waals surface area (Å²) in [5.74, 6) is -4.71. The molecule has 0 aromatic heterocycles. The van der Waals surface area contributed by atoms with Gasteiger partial charge in [-0.05, 0) is 6.08 Å². The molecule has 0 aliphatic heterocycles. The zero-order valence-corrected chi connectivity index (χ0v) is 6.52. The largest absolute Gasteiger partial charge is 0.415 e. The molecular weight excluding hydrogens is 192 g/mol. The van der Waals surface area contributed by atoms with Crippen molar-refractivity contribution < 1.29 is 13.7 Å². The molecule has 1 aliphatic rings. The van der Waals surface area contributed by atoms with Crippen molar-refractivity contribution in [2.45, 2.75) is 12.2 Å². The number of rotatable bonds is 1. The molecule has 12 heavy (non-hydrogen) atoms. The third-order valence-electron chi connectivity index (χ3n) is 1.49. The maximum atomic E-state index is 13.1. The van der Waals surface area contributed by atoms with E-state index >= 15 is 0 Å². The molecule has 0 bridgehead atoms. The first-order valence-electron chi connectivity index (χ1n) is 3.04. The number of hydrogen-bond acceptors (Lipinski definition) is 2. The van der Waals surface area contributed by atoms with E-state index in [1.165, 1.54) is 0 Å². The van der Waals surface area contributed by atoms with Crippen molar-refractivity contribution in [1.29, 1.82) is 0 Å². The molecule has 1 rings (SSSR count). The maximum Gasteiger partial charge on any atom is 0.415 e. The number of hydrogen-bond donors (Lipinski definition) is 0. The highest BCUT2D eigenvalue weighted by molar-refractivity contribution is 6.31. The molecule has 1 atom stereocenters. The van der Waals surface area contributed by atoms with Gasteiger partial charge in [-0.2, -0.15) is 8.78 Å². The third-order valence-corrected chi connectivity index (χ3v) is 1.78. The van der Waals surface area contributed by atoms with Gasteiger partial charge in [-0.3, -0.25) is 10.1 Å². The number of nitrogens with zero attached hydrogens (tertiary/aromatic N) is 1. The molecule has 0 saturated carbocycles. The van der Waals surface area contributed by atoms with Crippen LogP contribution in [0.4, 0.5) is 8.78 Å². The van der Waals surface area contributed by atoms with Gasteiger partial charge < -0.3 is 0 Å². The first-order chi connectivity index (χ1) is 5.48. The van der Waals surface area contributed by atoms with Crippen molar-refractivity contribution in [1.82, 2.24) is 0 Å². The summed E-state index contributed by atoms with van der Waals surface area (Å²) >= 11 is 5.17. The van der Waals surface area contributed by atoms with Crippen LogP contribution in [0.1, 0.15) is 6.42 Å². The summed E-state index contributed by atoms with van der Waals surface area (Å²) in [4.78, 5) is 8.77. The standard InChI is InChI=1S/C6H4ClF2NO2/c7-4-2-1-3-6(9,5(4)8)10(11)12/h1-2H,3H2. The Bertz CT molecular complexity index is 289. The smallest absolute Gasteiger partial charge is 0.261 e. The Morgan fingerprint density at radius 2 is 2.33 bits per heavy atom. The Morgan fingerprint density at radius 1 is 1.75 bits per heavy atom. The normalized spacial score (nSPS) is 29.2. The zero-order valence-electron chi connectivity index (χ0n) is 5.76. The van der Waals surface area contributed by atoms with E-state index in [2.05, 4.69) is 0 Å². The Kier molecular flexibility index (Phi) is 2.14. The molecule has 0 aromatic rings. The molecule has 0 aromatic carbocycles. The lowest BCUT2D eigenvalue weighted by atomic mass is 10.1. The summed E-state index contributed by atoms with van der Waals surface area (Å²) in [6.45, 7) is 0. The van der Waals surface area contributed by atoms with E-state index in [-0.39, 0.29) is 0 Å². The van der Waals surface area contributed by atoms with Crippen molar-refractivity contribution in [3.8, 4) is 0 Å². The van der Waals surface area contributed by atoms with Crippen LogP contribution in [0.25, 0.3) is 0 Å². The van der Waals surface area contributed by atoms with Gasteiger partial charge in [-0.15, -0.1) is 0 Å². The van der Waals surface area contributed by atoms with Gasteiger partial charge in [0.25, 0.3) is 0 Å². The molecule has 0 amide bonds. The van der Waals surface area contributed by atoms with Crippen LogP contribution in [0.5, 0.6) is 0 Å². The van der Waals surface area contributed by atoms with Gasteiger partial charge >= 0.3 is 5.79 Å². The highest BCUT2D eigenvalue weighted by atomic mass is 35.5. The van der Waals surface area contributed by atoms with Crippen LogP contribution in [-0.4, -0.2) is 10.7 Å². The zero-order chi connectivity index (χ0) is 9.35. The lowest BCUT2D eigenvalue weighted by Crippen LogP contribution is -2.35. The maximum absolute atomic E-state index is 13.1. The van der Waals surface area contributed by atoms with Crippen LogP contribution >= 0.6 is 11.6 Å². The van der Waals surface area contributed by atoms with E-state index in [4.69, 9.17) is 11.6 Å². The minimum absolute atomic E-state index is 0.555. The van der Waals surface area contributed by atoms with Crippen LogP contribution in [0.3, 0.4) is 0 Å². The van der Waals surface area contributed by atoms with Crippen LogP contribution in [0.2, 0.25) is 0 Å². The van der Waals surface area contributed by atoms with Gasteiger partial charge in [0.05, 0.1) is 16.4 Å². The average molecular weight is 196 g/mol.